The van der Waals surface area contributed by atoms with Crippen molar-refractivity contribution in [3.05, 3.63) is 29.8 Å². The van der Waals surface area contributed by atoms with Crippen molar-refractivity contribution in [3.63, 3.8) is 0 Å². The highest BCUT2D eigenvalue weighted by molar-refractivity contribution is 8.00. The SMILES string of the molecule is CC1CCN(CCCNC(=O)c2ccccc2SCC(=O)N2CCCC2)CC1. The number of nitrogens with one attached hydrogen (secondary N) is 1. The first-order valence-electron chi connectivity index (χ1n) is 10.6. The number of carbonyl (C=O) groups excluding carboxylic acids is 2. The lowest BCUT2D eigenvalue weighted by Gasteiger charge is -2.30. The summed E-state index contributed by atoms with van der Waals surface area (Å²) in [6.07, 6.45) is 5.75. The highest BCUT2D eigenvalue weighted by atomic mass is 32.2. The molecule has 0 radical (unpaired) electrons. The third kappa shape index (κ3) is 6.24. The molecule has 2 amide bonds. The normalized spacial score (nSPS) is 18.4. The first-order chi connectivity index (χ1) is 13.6. The molecule has 0 spiro atoms. The van der Waals surface area contributed by atoms with Crippen LogP contribution >= 0.6 is 11.8 Å². The van der Waals surface area contributed by atoms with Gasteiger partial charge in [-0.2, -0.15) is 0 Å². The van der Waals surface area contributed by atoms with Crippen LogP contribution in [-0.2, 0) is 4.79 Å². The zero-order valence-electron chi connectivity index (χ0n) is 17.0. The van der Waals surface area contributed by atoms with E-state index in [0.717, 1.165) is 49.7 Å². The molecule has 154 valence electrons. The Morgan fingerprint density at radius 1 is 1.11 bits per heavy atom. The average Bonchev–Trinajstić information content (AvgIpc) is 3.26. The Kier molecular flexibility index (Phi) is 8.22. The minimum atomic E-state index is -0.0380. The Morgan fingerprint density at radius 3 is 2.57 bits per heavy atom. The van der Waals surface area contributed by atoms with Gasteiger partial charge in [0.2, 0.25) is 5.91 Å². The van der Waals surface area contributed by atoms with Gasteiger partial charge < -0.3 is 15.1 Å². The fourth-order valence-electron chi connectivity index (χ4n) is 3.86. The second kappa shape index (κ2) is 10.9. The van der Waals surface area contributed by atoms with Crippen LogP contribution < -0.4 is 5.32 Å². The van der Waals surface area contributed by atoms with Gasteiger partial charge in [0.15, 0.2) is 0 Å². The van der Waals surface area contributed by atoms with Gasteiger partial charge in [0.25, 0.3) is 5.91 Å². The van der Waals surface area contributed by atoms with Gasteiger partial charge in [0, 0.05) is 24.5 Å². The summed E-state index contributed by atoms with van der Waals surface area (Å²) in [5.41, 5.74) is 0.675. The molecule has 2 fully saturated rings. The topological polar surface area (TPSA) is 52.7 Å². The second-order valence-corrected chi connectivity index (χ2v) is 9.02. The van der Waals surface area contributed by atoms with Crippen LogP contribution in [0.2, 0.25) is 0 Å². The molecule has 3 rings (SSSR count). The number of hydrogen-bond donors (Lipinski definition) is 1. The molecule has 0 unspecified atom stereocenters. The Labute approximate surface area is 173 Å². The number of thioether (sulfide) groups is 1. The number of rotatable bonds is 8. The van der Waals surface area contributed by atoms with E-state index in [2.05, 4.69) is 17.1 Å². The van der Waals surface area contributed by atoms with Crippen LogP contribution in [0.25, 0.3) is 0 Å². The van der Waals surface area contributed by atoms with Crippen LogP contribution in [0.3, 0.4) is 0 Å². The van der Waals surface area contributed by atoms with Gasteiger partial charge in [-0.15, -0.1) is 11.8 Å². The maximum Gasteiger partial charge on any atom is 0.252 e. The molecule has 2 aliphatic heterocycles. The van der Waals surface area contributed by atoms with E-state index in [1.165, 1.54) is 37.7 Å². The number of likely N-dealkylation sites (tertiary alicyclic amines) is 2. The van der Waals surface area contributed by atoms with Crippen LogP contribution in [0.5, 0.6) is 0 Å². The average molecular weight is 404 g/mol. The second-order valence-electron chi connectivity index (χ2n) is 8.01. The zero-order valence-corrected chi connectivity index (χ0v) is 17.8. The van der Waals surface area contributed by atoms with Crippen LogP contribution in [0.15, 0.2) is 29.2 Å². The highest BCUT2D eigenvalue weighted by Gasteiger charge is 2.19. The molecular formula is C22H33N3O2S. The molecular weight excluding hydrogens is 370 g/mol. The maximum absolute atomic E-state index is 12.6. The molecule has 2 heterocycles. The maximum atomic E-state index is 12.6. The predicted molar refractivity (Wildman–Crippen MR) is 115 cm³/mol. The third-order valence-electron chi connectivity index (χ3n) is 5.75. The molecule has 0 aromatic heterocycles. The van der Waals surface area contributed by atoms with Gasteiger partial charge >= 0.3 is 0 Å². The lowest BCUT2D eigenvalue weighted by molar-refractivity contribution is -0.127. The molecule has 1 aromatic rings. The van der Waals surface area contributed by atoms with Gasteiger partial charge in [0.1, 0.15) is 0 Å². The zero-order chi connectivity index (χ0) is 19.8. The van der Waals surface area contributed by atoms with Crippen molar-refractivity contribution in [1.29, 1.82) is 0 Å². The van der Waals surface area contributed by atoms with Crippen molar-refractivity contribution < 1.29 is 9.59 Å². The van der Waals surface area contributed by atoms with Crippen LogP contribution in [0, 0.1) is 5.92 Å². The first kappa shape index (κ1) is 21.2. The van der Waals surface area contributed by atoms with Crippen LogP contribution in [-0.4, -0.2) is 66.6 Å². The Morgan fingerprint density at radius 2 is 1.82 bits per heavy atom. The minimum absolute atomic E-state index is 0.0380. The molecule has 5 nitrogen and oxygen atoms in total. The molecule has 2 saturated heterocycles. The van der Waals surface area contributed by atoms with Crippen molar-refractivity contribution in [1.82, 2.24) is 15.1 Å². The largest absolute Gasteiger partial charge is 0.352 e. The monoisotopic (exact) mass is 403 g/mol. The quantitative estimate of drug-likeness (QED) is 0.535. The van der Waals surface area contributed by atoms with Gasteiger partial charge in [-0.05, 0) is 69.8 Å². The molecule has 1 N–H and O–H groups in total. The predicted octanol–water partition coefficient (Wildman–Crippen LogP) is 3.25. The number of hydrogen-bond acceptors (Lipinski definition) is 4. The lowest BCUT2D eigenvalue weighted by Crippen LogP contribution is -2.35. The fourth-order valence-corrected chi connectivity index (χ4v) is 4.82. The van der Waals surface area contributed by atoms with Gasteiger partial charge in [-0.25, -0.2) is 0 Å². The molecule has 1 aromatic carbocycles. The van der Waals surface area contributed by atoms with E-state index in [1.54, 1.807) is 0 Å². The van der Waals surface area contributed by atoms with Gasteiger partial charge in [-0.3, -0.25) is 9.59 Å². The van der Waals surface area contributed by atoms with E-state index in [9.17, 15) is 9.59 Å². The number of amides is 2. The van der Waals surface area contributed by atoms with E-state index in [1.807, 2.05) is 29.2 Å². The molecule has 0 atom stereocenters. The Bertz CT molecular complexity index is 653. The first-order valence-corrected chi connectivity index (χ1v) is 11.6. The van der Waals surface area contributed by atoms with Crippen LogP contribution in [0.1, 0.15) is 49.4 Å². The molecule has 28 heavy (non-hydrogen) atoms. The van der Waals surface area contributed by atoms with Crippen LogP contribution in [0.4, 0.5) is 0 Å². The molecule has 2 aliphatic rings. The van der Waals surface area contributed by atoms with Crippen molar-refractivity contribution in [2.75, 3.05) is 45.0 Å². The standard InChI is InChI=1S/C22H33N3O2S/c1-18-9-15-24(16-10-18)12-6-11-23-22(27)19-7-2-3-8-20(19)28-17-21(26)25-13-4-5-14-25/h2-3,7-8,18H,4-6,9-17H2,1H3,(H,23,27). The summed E-state index contributed by atoms with van der Waals surface area (Å²) in [7, 11) is 0. The smallest absolute Gasteiger partial charge is 0.252 e. The highest BCUT2D eigenvalue weighted by Crippen LogP contribution is 2.24. The Hall–Kier alpha value is -1.53. The molecule has 6 heteroatoms. The summed E-state index contributed by atoms with van der Waals surface area (Å²) in [5, 5.41) is 3.06. The molecule has 0 aliphatic carbocycles. The summed E-state index contributed by atoms with van der Waals surface area (Å²) >= 11 is 1.47. The Balaban J connectivity index is 1.42. The molecule has 0 bridgehead atoms. The molecule has 0 saturated carbocycles. The number of benzene rings is 1. The van der Waals surface area contributed by atoms with Crippen molar-refractivity contribution >= 4 is 23.6 Å². The summed E-state index contributed by atoms with van der Waals surface area (Å²) in [4.78, 5) is 30.2. The van der Waals surface area contributed by atoms with Gasteiger partial charge in [-0.1, -0.05) is 19.1 Å². The number of carbonyl (C=O) groups is 2. The summed E-state index contributed by atoms with van der Waals surface area (Å²) in [6.45, 7) is 8.17. The van der Waals surface area contributed by atoms with E-state index >= 15 is 0 Å². The van der Waals surface area contributed by atoms with E-state index in [0.29, 0.717) is 17.9 Å². The van der Waals surface area contributed by atoms with Crippen molar-refractivity contribution in [2.24, 2.45) is 5.92 Å². The third-order valence-corrected chi connectivity index (χ3v) is 6.81. The van der Waals surface area contributed by atoms with Crippen molar-refractivity contribution in [3.8, 4) is 0 Å². The number of piperidine rings is 1. The minimum Gasteiger partial charge on any atom is -0.352 e. The van der Waals surface area contributed by atoms with E-state index in [4.69, 9.17) is 0 Å². The summed E-state index contributed by atoms with van der Waals surface area (Å²) < 4.78 is 0. The van der Waals surface area contributed by atoms with E-state index in [-0.39, 0.29) is 11.8 Å². The number of nitrogens with zero attached hydrogens (tertiary/aromatic N) is 2. The van der Waals surface area contributed by atoms with Gasteiger partial charge in [0.05, 0.1) is 11.3 Å². The summed E-state index contributed by atoms with van der Waals surface area (Å²) in [5.74, 6) is 1.39. The summed E-state index contributed by atoms with van der Waals surface area (Å²) in [6, 6.07) is 7.60. The lowest BCUT2D eigenvalue weighted by atomic mass is 9.99. The van der Waals surface area contributed by atoms with Crippen molar-refractivity contribution in [2.45, 2.75) is 43.9 Å². The van der Waals surface area contributed by atoms with E-state index < -0.39 is 0 Å². The fraction of sp³-hybridized carbons (Fsp3) is 0.636.